The van der Waals surface area contributed by atoms with Crippen LogP contribution >= 0.6 is 0 Å². The molecule has 0 unspecified atom stereocenters. The first-order valence-corrected chi connectivity index (χ1v) is 15.0. The minimum Gasteiger partial charge on any atom is -0.496 e. The van der Waals surface area contributed by atoms with Crippen molar-refractivity contribution in [1.29, 1.82) is 0 Å². The Kier molecular flexibility index (Phi) is 7.76. The van der Waals surface area contributed by atoms with Gasteiger partial charge in [0.2, 0.25) is 0 Å². The van der Waals surface area contributed by atoms with E-state index in [1.807, 2.05) is 6.07 Å². The molecule has 1 aliphatic heterocycles. The Hall–Kier alpha value is -3.63. The third-order valence-electron chi connectivity index (χ3n) is 7.49. The number of piperidine rings is 1. The molecule has 0 radical (unpaired) electrons. The predicted octanol–water partition coefficient (Wildman–Crippen LogP) is 4.62. The lowest BCUT2D eigenvalue weighted by molar-refractivity contribution is 0.249. The highest BCUT2D eigenvalue weighted by molar-refractivity contribution is 7.91. The van der Waals surface area contributed by atoms with Gasteiger partial charge in [-0.25, -0.2) is 18.4 Å². The molecule has 0 atom stereocenters. The molecule has 0 bridgehead atoms. The largest absolute Gasteiger partial charge is 0.496 e. The summed E-state index contributed by atoms with van der Waals surface area (Å²) in [5.41, 5.74) is 4.09. The zero-order valence-electron chi connectivity index (χ0n) is 22.9. The molecule has 2 aromatic heterocycles. The van der Waals surface area contributed by atoms with Gasteiger partial charge < -0.3 is 24.8 Å². The Labute approximate surface area is 230 Å². The zero-order chi connectivity index (χ0) is 27.6. The highest BCUT2D eigenvalue weighted by Gasteiger charge is 2.22. The van der Waals surface area contributed by atoms with Crippen LogP contribution in [-0.2, 0) is 16.3 Å². The molecular formula is C29H36N6O3S. The van der Waals surface area contributed by atoms with Crippen LogP contribution in [-0.4, -0.2) is 74.4 Å². The van der Waals surface area contributed by atoms with Crippen LogP contribution in [0.2, 0.25) is 0 Å². The van der Waals surface area contributed by atoms with Gasteiger partial charge in [-0.15, -0.1) is 0 Å². The number of anilines is 3. The van der Waals surface area contributed by atoms with Crippen LogP contribution in [0, 0.1) is 0 Å². The van der Waals surface area contributed by atoms with Gasteiger partial charge in [-0.1, -0.05) is 25.1 Å². The topological polar surface area (TPSA) is 103 Å². The Morgan fingerprint density at radius 3 is 2.59 bits per heavy atom. The number of methoxy groups -OCH3 is 1. The van der Waals surface area contributed by atoms with E-state index >= 15 is 0 Å². The first kappa shape index (κ1) is 27.0. The number of H-pyrrole nitrogens is 1. The van der Waals surface area contributed by atoms with Crippen LogP contribution in [0.15, 0.2) is 59.6 Å². The molecule has 0 amide bonds. The molecule has 9 nitrogen and oxygen atoms in total. The molecule has 0 aliphatic carbocycles. The summed E-state index contributed by atoms with van der Waals surface area (Å²) in [6.07, 6.45) is 4.55. The number of hydrogen-bond donors (Lipinski definition) is 2. The van der Waals surface area contributed by atoms with Crippen LogP contribution in [0.1, 0.15) is 31.2 Å². The minimum absolute atomic E-state index is 0.0160. The first-order chi connectivity index (χ1) is 18.8. The number of aromatic amines is 1. The standard InChI is InChI=1S/C29H36N6O3S/c1-5-39(36,37)26-9-7-6-8-23(26)32-29-28-24(12-15-30-28)31-27(33-29)18-20-10-11-22(19-25(20)38-4)35-16-13-21(14-17-35)34(2)3/h6-12,15,19,21,30H,5,13-14,16-18H2,1-4H3,(H,31,32,33). The van der Waals surface area contributed by atoms with Crippen molar-refractivity contribution in [1.82, 2.24) is 19.9 Å². The smallest absolute Gasteiger partial charge is 0.180 e. The summed E-state index contributed by atoms with van der Waals surface area (Å²) in [6, 6.07) is 15.8. The summed E-state index contributed by atoms with van der Waals surface area (Å²) >= 11 is 0. The van der Waals surface area contributed by atoms with Gasteiger partial charge in [0.25, 0.3) is 0 Å². The molecule has 10 heteroatoms. The molecule has 2 aromatic carbocycles. The number of para-hydroxylation sites is 1. The van der Waals surface area contributed by atoms with Crippen molar-refractivity contribution < 1.29 is 13.2 Å². The summed E-state index contributed by atoms with van der Waals surface area (Å²) in [5.74, 6) is 1.95. The van der Waals surface area contributed by atoms with E-state index in [1.54, 1.807) is 44.5 Å². The SMILES string of the molecule is CCS(=O)(=O)c1ccccc1Nc1nc(Cc2ccc(N3CCC(N(C)C)CC3)cc2OC)nc2cc[nH]c12. The van der Waals surface area contributed by atoms with Crippen molar-refractivity contribution in [2.45, 2.75) is 37.1 Å². The van der Waals surface area contributed by atoms with Gasteiger partial charge >= 0.3 is 0 Å². The number of sulfone groups is 1. The molecule has 2 N–H and O–H groups in total. The van der Waals surface area contributed by atoms with E-state index in [0.29, 0.717) is 35.3 Å². The van der Waals surface area contributed by atoms with Gasteiger partial charge in [0.15, 0.2) is 15.7 Å². The lowest BCUT2D eigenvalue weighted by atomic mass is 10.0. The van der Waals surface area contributed by atoms with Gasteiger partial charge in [0, 0.05) is 49.1 Å². The number of aromatic nitrogens is 3. The van der Waals surface area contributed by atoms with Crippen molar-refractivity contribution >= 4 is 38.1 Å². The predicted molar refractivity (Wildman–Crippen MR) is 156 cm³/mol. The number of rotatable bonds is 9. The lowest BCUT2D eigenvalue weighted by Gasteiger charge is -2.36. The second kappa shape index (κ2) is 11.2. The number of ether oxygens (including phenoxy) is 1. The van der Waals surface area contributed by atoms with Crippen LogP contribution < -0.4 is 15.0 Å². The van der Waals surface area contributed by atoms with E-state index in [-0.39, 0.29) is 10.6 Å². The second-order valence-corrected chi connectivity index (χ2v) is 12.4. The van der Waals surface area contributed by atoms with E-state index < -0.39 is 9.84 Å². The van der Waals surface area contributed by atoms with E-state index in [0.717, 1.165) is 48.4 Å². The van der Waals surface area contributed by atoms with Crippen molar-refractivity contribution in [3.05, 3.63) is 66.1 Å². The normalized spacial score (nSPS) is 14.7. The summed E-state index contributed by atoms with van der Waals surface area (Å²) in [5, 5.41) is 3.26. The van der Waals surface area contributed by atoms with Crippen molar-refractivity contribution in [2.24, 2.45) is 0 Å². The van der Waals surface area contributed by atoms with Crippen molar-refractivity contribution in [3.63, 3.8) is 0 Å². The molecular weight excluding hydrogens is 512 g/mol. The highest BCUT2D eigenvalue weighted by Crippen LogP contribution is 2.31. The molecule has 0 spiro atoms. The quantitative estimate of drug-likeness (QED) is 0.312. The maximum Gasteiger partial charge on any atom is 0.180 e. The van der Waals surface area contributed by atoms with Crippen LogP contribution in [0.25, 0.3) is 11.0 Å². The maximum absolute atomic E-state index is 12.7. The number of nitrogens with zero attached hydrogens (tertiary/aromatic N) is 4. The van der Waals surface area contributed by atoms with Crippen molar-refractivity contribution in [3.8, 4) is 5.75 Å². The van der Waals surface area contributed by atoms with E-state index in [9.17, 15) is 8.42 Å². The van der Waals surface area contributed by atoms with E-state index in [4.69, 9.17) is 14.7 Å². The third kappa shape index (κ3) is 5.72. The molecule has 1 fully saturated rings. The van der Waals surface area contributed by atoms with E-state index in [1.165, 1.54) is 0 Å². The Morgan fingerprint density at radius 1 is 1.10 bits per heavy atom. The number of fused-ring (bicyclic) bond motifs is 1. The van der Waals surface area contributed by atoms with Gasteiger partial charge in [0.1, 0.15) is 17.1 Å². The average molecular weight is 549 g/mol. The lowest BCUT2D eigenvalue weighted by Crippen LogP contribution is -2.41. The highest BCUT2D eigenvalue weighted by atomic mass is 32.2. The zero-order valence-corrected chi connectivity index (χ0v) is 23.8. The first-order valence-electron chi connectivity index (χ1n) is 13.3. The number of benzene rings is 2. The van der Waals surface area contributed by atoms with E-state index in [2.05, 4.69) is 52.4 Å². The monoisotopic (exact) mass is 548 g/mol. The Morgan fingerprint density at radius 2 is 1.87 bits per heavy atom. The fraction of sp³-hybridized carbons (Fsp3) is 0.379. The molecule has 1 aliphatic rings. The molecule has 4 aromatic rings. The van der Waals surface area contributed by atoms with Crippen molar-refractivity contribution in [2.75, 3.05) is 50.3 Å². The third-order valence-corrected chi connectivity index (χ3v) is 9.27. The van der Waals surface area contributed by atoms with Crippen LogP contribution in [0.5, 0.6) is 5.75 Å². The summed E-state index contributed by atoms with van der Waals surface area (Å²) in [4.78, 5) is 17.7. The molecule has 5 rings (SSSR count). The van der Waals surface area contributed by atoms with Gasteiger partial charge in [-0.2, -0.15) is 0 Å². The Bertz CT molecular complexity index is 1560. The fourth-order valence-electron chi connectivity index (χ4n) is 5.17. The van der Waals surface area contributed by atoms with Gasteiger partial charge in [-0.05, 0) is 51.2 Å². The maximum atomic E-state index is 12.7. The summed E-state index contributed by atoms with van der Waals surface area (Å²) < 4.78 is 31.2. The van der Waals surface area contributed by atoms with Gasteiger partial charge in [-0.3, -0.25) is 0 Å². The summed E-state index contributed by atoms with van der Waals surface area (Å²) in [7, 11) is 2.57. The molecule has 39 heavy (non-hydrogen) atoms. The number of nitrogens with one attached hydrogen (secondary N) is 2. The van der Waals surface area contributed by atoms with Gasteiger partial charge in [0.05, 0.1) is 29.0 Å². The molecule has 1 saturated heterocycles. The Balaban J connectivity index is 1.42. The molecule has 0 saturated carbocycles. The average Bonchev–Trinajstić information content (AvgIpc) is 3.42. The number of hydrogen-bond acceptors (Lipinski definition) is 8. The fourth-order valence-corrected chi connectivity index (χ4v) is 6.22. The molecule has 206 valence electrons. The summed E-state index contributed by atoms with van der Waals surface area (Å²) in [6.45, 7) is 3.67. The van der Waals surface area contributed by atoms with Crippen LogP contribution in [0.4, 0.5) is 17.2 Å². The minimum atomic E-state index is -3.42. The molecule has 3 heterocycles. The van der Waals surface area contributed by atoms with Crippen LogP contribution in [0.3, 0.4) is 0 Å². The second-order valence-electron chi connectivity index (χ2n) is 10.1.